The predicted molar refractivity (Wildman–Crippen MR) is 134 cm³/mol. The van der Waals surface area contributed by atoms with E-state index in [1.807, 2.05) is 54.6 Å². The second kappa shape index (κ2) is 12.9. The van der Waals surface area contributed by atoms with E-state index in [1.54, 1.807) is 6.20 Å². The average molecular weight is 482 g/mol. The monoisotopic (exact) mass is 481 g/mol. The van der Waals surface area contributed by atoms with Crippen LogP contribution in [0.2, 0.25) is 5.02 Å². The Morgan fingerprint density at radius 2 is 1.82 bits per heavy atom. The summed E-state index contributed by atoms with van der Waals surface area (Å²) in [5.41, 5.74) is 2.81. The van der Waals surface area contributed by atoms with Crippen LogP contribution in [0, 0.1) is 0 Å². The quantitative estimate of drug-likeness (QED) is 0.347. The standard InChI is InChI=1S/C27H32ClN3O3/c1-3-4-12-22(21-13-8-9-14-23(21)28)26-29-18-20(30-26)17-25(32)31-24(27(33)34-2)16-15-19-10-6-5-7-11-19/h5-11,13-14,18,22,24H,3-4,12,15-17H2,1-2H3,(H,29,30)(H,31,32). The van der Waals surface area contributed by atoms with Crippen LogP contribution in [-0.4, -0.2) is 35.0 Å². The largest absolute Gasteiger partial charge is 0.467 e. The Morgan fingerprint density at radius 3 is 2.53 bits per heavy atom. The van der Waals surface area contributed by atoms with Crippen LogP contribution < -0.4 is 5.32 Å². The molecule has 7 heteroatoms. The first-order valence-electron chi connectivity index (χ1n) is 11.7. The molecule has 3 aromatic rings. The number of benzene rings is 2. The lowest BCUT2D eigenvalue weighted by atomic mass is 9.93. The number of carbonyl (C=O) groups is 2. The van der Waals surface area contributed by atoms with Crippen molar-refractivity contribution >= 4 is 23.5 Å². The number of esters is 1. The minimum absolute atomic E-state index is 0.0270. The molecule has 0 aliphatic carbocycles. The highest BCUT2D eigenvalue weighted by Gasteiger charge is 2.23. The van der Waals surface area contributed by atoms with Gasteiger partial charge in [-0.15, -0.1) is 0 Å². The molecule has 0 bridgehead atoms. The number of rotatable bonds is 12. The van der Waals surface area contributed by atoms with Crippen LogP contribution >= 0.6 is 11.6 Å². The van der Waals surface area contributed by atoms with Crippen molar-refractivity contribution in [3.63, 3.8) is 0 Å². The van der Waals surface area contributed by atoms with Crippen molar-refractivity contribution in [2.24, 2.45) is 0 Å². The molecule has 1 aromatic heterocycles. The number of H-pyrrole nitrogens is 1. The van der Waals surface area contributed by atoms with Crippen LogP contribution in [0.15, 0.2) is 60.8 Å². The fourth-order valence-corrected chi connectivity index (χ4v) is 4.28. The number of aryl methyl sites for hydroxylation is 1. The molecular weight excluding hydrogens is 450 g/mol. The fourth-order valence-electron chi connectivity index (χ4n) is 4.01. The number of hydrogen-bond acceptors (Lipinski definition) is 4. The number of nitrogens with one attached hydrogen (secondary N) is 2. The van der Waals surface area contributed by atoms with Gasteiger partial charge in [-0.3, -0.25) is 4.79 Å². The van der Waals surface area contributed by atoms with Crippen molar-refractivity contribution < 1.29 is 14.3 Å². The zero-order chi connectivity index (χ0) is 24.3. The summed E-state index contributed by atoms with van der Waals surface area (Å²) in [4.78, 5) is 32.8. The lowest BCUT2D eigenvalue weighted by Crippen LogP contribution is -2.42. The molecule has 2 unspecified atom stereocenters. The van der Waals surface area contributed by atoms with Crippen LogP contribution in [0.1, 0.15) is 61.2 Å². The first kappa shape index (κ1) is 25.5. The van der Waals surface area contributed by atoms with E-state index in [0.29, 0.717) is 23.6 Å². The summed E-state index contributed by atoms with van der Waals surface area (Å²) < 4.78 is 4.90. The van der Waals surface area contributed by atoms with Gasteiger partial charge >= 0.3 is 5.97 Å². The summed E-state index contributed by atoms with van der Waals surface area (Å²) in [5.74, 6) is 0.103. The highest BCUT2D eigenvalue weighted by atomic mass is 35.5. The molecule has 6 nitrogen and oxygen atoms in total. The molecule has 1 heterocycles. The molecule has 3 rings (SSSR count). The van der Waals surface area contributed by atoms with Gasteiger partial charge in [0.25, 0.3) is 0 Å². The van der Waals surface area contributed by atoms with E-state index in [9.17, 15) is 9.59 Å². The number of aromatic nitrogens is 2. The van der Waals surface area contributed by atoms with Crippen molar-refractivity contribution in [3.8, 4) is 0 Å². The SMILES string of the molecule is CCCCC(c1ncc(CC(=O)NC(CCc2ccccc2)C(=O)OC)[nH]1)c1ccccc1Cl. The first-order chi connectivity index (χ1) is 16.5. The van der Waals surface area contributed by atoms with Gasteiger partial charge in [-0.25, -0.2) is 9.78 Å². The van der Waals surface area contributed by atoms with Gasteiger partial charge in [0.2, 0.25) is 5.91 Å². The zero-order valence-electron chi connectivity index (χ0n) is 19.7. The molecule has 2 aromatic carbocycles. The van der Waals surface area contributed by atoms with Crippen molar-refractivity contribution in [2.45, 2.75) is 57.4 Å². The Bertz CT molecular complexity index is 1070. The minimum Gasteiger partial charge on any atom is -0.467 e. The molecule has 2 N–H and O–H groups in total. The zero-order valence-corrected chi connectivity index (χ0v) is 20.5. The maximum absolute atomic E-state index is 12.7. The molecule has 0 saturated heterocycles. The van der Waals surface area contributed by atoms with E-state index in [1.165, 1.54) is 7.11 Å². The smallest absolute Gasteiger partial charge is 0.328 e. The molecule has 1 amide bonds. The Labute approximate surface area is 206 Å². The molecule has 0 fully saturated rings. The fraction of sp³-hybridized carbons (Fsp3) is 0.370. The number of unbranched alkanes of at least 4 members (excludes halogenated alkanes) is 1. The summed E-state index contributed by atoms with van der Waals surface area (Å²) in [7, 11) is 1.33. The van der Waals surface area contributed by atoms with Crippen molar-refractivity contribution in [2.75, 3.05) is 7.11 Å². The Morgan fingerprint density at radius 1 is 1.09 bits per heavy atom. The van der Waals surface area contributed by atoms with Crippen LogP contribution in [0.25, 0.3) is 0 Å². The van der Waals surface area contributed by atoms with Crippen molar-refractivity contribution in [3.05, 3.63) is 88.5 Å². The number of amides is 1. The number of carbonyl (C=O) groups excluding carboxylic acids is 2. The molecule has 0 spiro atoms. The molecule has 0 saturated carbocycles. The van der Waals surface area contributed by atoms with Gasteiger partial charge < -0.3 is 15.0 Å². The molecular formula is C27H32ClN3O3. The highest BCUT2D eigenvalue weighted by molar-refractivity contribution is 6.31. The number of imidazole rings is 1. The summed E-state index contributed by atoms with van der Waals surface area (Å²) >= 11 is 6.46. The van der Waals surface area contributed by atoms with Crippen molar-refractivity contribution in [1.82, 2.24) is 15.3 Å². The number of aromatic amines is 1. The van der Waals surface area contributed by atoms with Crippen molar-refractivity contribution in [1.29, 1.82) is 0 Å². The van der Waals surface area contributed by atoms with E-state index in [-0.39, 0.29) is 18.2 Å². The summed E-state index contributed by atoms with van der Waals surface area (Å²) in [6.45, 7) is 2.15. The average Bonchev–Trinajstić information content (AvgIpc) is 3.31. The number of halogens is 1. The van der Waals surface area contributed by atoms with Gasteiger partial charge in [-0.05, 0) is 36.5 Å². The number of hydrogen-bond donors (Lipinski definition) is 2. The normalized spacial score (nSPS) is 12.7. The van der Waals surface area contributed by atoms with Gasteiger partial charge in [0.1, 0.15) is 11.9 Å². The third-order valence-electron chi connectivity index (χ3n) is 5.84. The predicted octanol–water partition coefficient (Wildman–Crippen LogP) is 5.22. The number of ether oxygens (including phenoxy) is 1. The Hall–Kier alpha value is -3.12. The molecule has 34 heavy (non-hydrogen) atoms. The van der Waals surface area contributed by atoms with Crippen LogP contribution in [0.5, 0.6) is 0 Å². The topological polar surface area (TPSA) is 84.1 Å². The Balaban J connectivity index is 1.66. The van der Waals surface area contributed by atoms with E-state index < -0.39 is 12.0 Å². The lowest BCUT2D eigenvalue weighted by Gasteiger charge is -2.17. The van der Waals surface area contributed by atoms with E-state index >= 15 is 0 Å². The van der Waals surface area contributed by atoms with E-state index in [2.05, 4.69) is 22.2 Å². The van der Waals surface area contributed by atoms with Crippen LogP contribution in [0.3, 0.4) is 0 Å². The lowest BCUT2D eigenvalue weighted by molar-refractivity contribution is -0.145. The molecule has 0 aliphatic rings. The Kier molecular flexibility index (Phi) is 9.71. The second-order valence-corrected chi connectivity index (χ2v) is 8.76. The second-order valence-electron chi connectivity index (χ2n) is 8.35. The minimum atomic E-state index is -0.708. The summed E-state index contributed by atoms with van der Waals surface area (Å²) in [6.07, 6.45) is 5.90. The molecule has 0 aliphatic heterocycles. The summed E-state index contributed by atoms with van der Waals surface area (Å²) in [6, 6.07) is 16.9. The molecule has 0 radical (unpaired) electrons. The van der Waals surface area contributed by atoms with Crippen LogP contribution in [-0.2, 0) is 27.2 Å². The van der Waals surface area contributed by atoms with Gasteiger partial charge in [-0.1, -0.05) is 79.9 Å². The first-order valence-corrected chi connectivity index (χ1v) is 12.1. The number of nitrogens with zero attached hydrogens (tertiary/aromatic N) is 1. The van der Waals surface area contributed by atoms with Gasteiger partial charge in [-0.2, -0.15) is 0 Å². The maximum Gasteiger partial charge on any atom is 0.328 e. The molecule has 180 valence electrons. The van der Waals surface area contributed by atoms with Gasteiger partial charge in [0, 0.05) is 22.8 Å². The third-order valence-corrected chi connectivity index (χ3v) is 6.19. The van der Waals surface area contributed by atoms with Gasteiger partial charge in [0.15, 0.2) is 0 Å². The summed E-state index contributed by atoms with van der Waals surface area (Å²) in [5, 5.41) is 3.52. The highest BCUT2D eigenvalue weighted by Crippen LogP contribution is 2.32. The van der Waals surface area contributed by atoms with E-state index in [0.717, 1.165) is 36.2 Å². The molecule has 2 atom stereocenters. The van der Waals surface area contributed by atoms with E-state index in [4.69, 9.17) is 16.3 Å². The number of methoxy groups -OCH3 is 1. The third kappa shape index (κ3) is 7.19. The van der Waals surface area contributed by atoms with Crippen LogP contribution in [0.4, 0.5) is 0 Å². The van der Waals surface area contributed by atoms with Gasteiger partial charge in [0.05, 0.1) is 13.5 Å². The maximum atomic E-state index is 12.7.